The Hall–Kier alpha value is -2.34. The molecular formula is C17H15FN4S. The lowest BCUT2D eigenvalue weighted by Crippen LogP contribution is -2.22. The van der Waals surface area contributed by atoms with Gasteiger partial charge in [-0.3, -0.25) is 4.98 Å². The Morgan fingerprint density at radius 1 is 1.13 bits per heavy atom. The minimum atomic E-state index is -0.194. The summed E-state index contributed by atoms with van der Waals surface area (Å²) in [6, 6.07) is 12.7. The number of benzene rings is 1. The predicted octanol–water partition coefficient (Wildman–Crippen LogP) is 4.08. The van der Waals surface area contributed by atoms with Gasteiger partial charge in [-0.15, -0.1) is 10.2 Å². The summed E-state index contributed by atoms with van der Waals surface area (Å²) in [5, 5.41) is 10.3. The zero-order valence-electron chi connectivity index (χ0n) is 12.4. The van der Waals surface area contributed by atoms with Gasteiger partial charge in [0, 0.05) is 12.7 Å². The van der Waals surface area contributed by atoms with Crippen LogP contribution in [0.25, 0.3) is 10.7 Å². The Morgan fingerprint density at radius 3 is 2.91 bits per heavy atom. The van der Waals surface area contributed by atoms with Gasteiger partial charge >= 0.3 is 0 Å². The van der Waals surface area contributed by atoms with Crippen molar-refractivity contribution in [1.29, 1.82) is 0 Å². The minimum Gasteiger partial charge on any atom is -0.340 e. The van der Waals surface area contributed by atoms with Crippen LogP contribution in [0.1, 0.15) is 24.4 Å². The third kappa shape index (κ3) is 2.82. The van der Waals surface area contributed by atoms with E-state index in [0.717, 1.165) is 40.8 Å². The summed E-state index contributed by atoms with van der Waals surface area (Å²) < 4.78 is 13.5. The second-order valence-electron chi connectivity index (χ2n) is 5.51. The van der Waals surface area contributed by atoms with Crippen molar-refractivity contribution in [3.05, 3.63) is 60.0 Å². The highest BCUT2D eigenvalue weighted by molar-refractivity contribution is 7.18. The van der Waals surface area contributed by atoms with E-state index in [9.17, 15) is 4.39 Å². The van der Waals surface area contributed by atoms with E-state index in [0.29, 0.717) is 0 Å². The Morgan fingerprint density at radius 2 is 2.09 bits per heavy atom. The van der Waals surface area contributed by atoms with Crippen LogP contribution in [-0.4, -0.2) is 21.7 Å². The van der Waals surface area contributed by atoms with Crippen molar-refractivity contribution < 1.29 is 4.39 Å². The molecule has 0 radical (unpaired) electrons. The van der Waals surface area contributed by atoms with Crippen LogP contribution in [0, 0.1) is 5.82 Å². The molecule has 3 aromatic rings. The van der Waals surface area contributed by atoms with Crippen LogP contribution in [0.4, 0.5) is 9.52 Å². The molecule has 1 atom stereocenters. The molecule has 0 N–H and O–H groups in total. The van der Waals surface area contributed by atoms with Gasteiger partial charge in [0.2, 0.25) is 5.13 Å². The van der Waals surface area contributed by atoms with Gasteiger partial charge in [0.25, 0.3) is 0 Å². The SMILES string of the molecule is Fc1cccc(C2CCCN2c2nnc(-c3ccccn3)s2)c1. The molecule has 4 rings (SSSR count). The number of pyridine rings is 1. The van der Waals surface area contributed by atoms with Crippen LogP contribution in [0.3, 0.4) is 0 Å². The smallest absolute Gasteiger partial charge is 0.209 e. The van der Waals surface area contributed by atoms with Crippen molar-refractivity contribution in [1.82, 2.24) is 15.2 Å². The first-order chi connectivity index (χ1) is 11.3. The number of rotatable bonds is 3. The molecule has 3 heterocycles. The van der Waals surface area contributed by atoms with Crippen LogP contribution < -0.4 is 4.90 Å². The summed E-state index contributed by atoms with van der Waals surface area (Å²) in [7, 11) is 0. The van der Waals surface area contributed by atoms with Crippen molar-refractivity contribution >= 4 is 16.5 Å². The van der Waals surface area contributed by atoms with Gasteiger partial charge in [0.1, 0.15) is 11.5 Å². The van der Waals surface area contributed by atoms with E-state index in [4.69, 9.17) is 0 Å². The number of hydrogen-bond acceptors (Lipinski definition) is 5. The highest BCUT2D eigenvalue weighted by atomic mass is 32.1. The topological polar surface area (TPSA) is 41.9 Å². The van der Waals surface area contributed by atoms with Gasteiger partial charge < -0.3 is 4.90 Å². The third-order valence-electron chi connectivity index (χ3n) is 4.03. The number of nitrogens with zero attached hydrogens (tertiary/aromatic N) is 4. The largest absolute Gasteiger partial charge is 0.340 e. The summed E-state index contributed by atoms with van der Waals surface area (Å²) in [6.07, 6.45) is 3.82. The monoisotopic (exact) mass is 326 g/mol. The number of anilines is 1. The van der Waals surface area contributed by atoms with Gasteiger partial charge in [0.05, 0.1) is 6.04 Å². The average Bonchev–Trinajstić information content (AvgIpc) is 3.25. The molecule has 1 fully saturated rings. The van der Waals surface area contributed by atoms with E-state index in [-0.39, 0.29) is 11.9 Å². The lowest BCUT2D eigenvalue weighted by atomic mass is 10.0. The standard InChI is InChI=1S/C17H15FN4S/c18-13-6-3-5-12(11-13)15-8-4-10-22(15)17-21-20-16(23-17)14-7-1-2-9-19-14/h1-3,5-7,9,11,15H,4,8,10H2. The van der Waals surface area contributed by atoms with E-state index in [2.05, 4.69) is 20.1 Å². The van der Waals surface area contributed by atoms with Crippen molar-refractivity contribution in [3.63, 3.8) is 0 Å². The van der Waals surface area contributed by atoms with E-state index < -0.39 is 0 Å². The number of hydrogen-bond donors (Lipinski definition) is 0. The van der Waals surface area contributed by atoms with E-state index in [1.54, 1.807) is 18.3 Å². The predicted molar refractivity (Wildman–Crippen MR) is 88.9 cm³/mol. The maximum Gasteiger partial charge on any atom is 0.209 e. The first-order valence-electron chi connectivity index (χ1n) is 7.58. The highest BCUT2D eigenvalue weighted by Crippen LogP contribution is 2.38. The first kappa shape index (κ1) is 14.3. The molecule has 1 saturated heterocycles. The van der Waals surface area contributed by atoms with Crippen LogP contribution >= 0.6 is 11.3 Å². The van der Waals surface area contributed by atoms with Crippen LogP contribution in [0.15, 0.2) is 48.7 Å². The zero-order chi connectivity index (χ0) is 15.6. The molecule has 0 spiro atoms. The lowest BCUT2D eigenvalue weighted by Gasteiger charge is -2.23. The lowest BCUT2D eigenvalue weighted by molar-refractivity contribution is 0.618. The molecule has 1 aliphatic heterocycles. The molecule has 0 saturated carbocycles. The van der Waals surface area contributed by atoms with Gasteiger partial charge in [-0.25, -0.2) is 4.39 Å². The van der Waals surface area contributed by atoms with Gasteiger partial charge in [0.15, 0.2) is 5.01 Å². The fourth-order valence-corrected chi connectivity index (χ4v) is 3.88. The van der Waals surface area contributed by atoms with Crippen molar-refractivity contribution in [3.8, 4) is 10.7 Å². The average molecular weight is 326 g/mol. The molecule has 4 nitrogen and oxygen atoms in total. The van der Waals surface area contributed by atoms with Crippen molar-refractivity contribution in [2.75, 3.05) is 11.4 Å². The second kappa shape index (κ2) is 6.04. The van der Waals surface area contributed by atoms with Gasteiger partial charge in [-0.05, 0) is 42.7 Å². The van der Waals surface area contributed by atoms with Gasteiger partial charge in [-0.1, -0.05) is 29.5 Å². The summed E-state index contributed by atoms with van der Waals surface area (Å²) in [6.45, 7) is 0.915. The highest BCUT2D eigenvalue weighted by Gasteiger charge is 2.29. The second-order valence-corrected chi connectivity index (χ2v) is 6.47. The molecule has 23 heavy (non-hydrogen) atoms. The Balaban J connectivity index is 1.63. The molecule has 2 aromatic heterocycles. The quantitative estimate of drug-likeness (QED) is 0.727. The zero-order valence-corrected chi connectivity index (χ0v) is 13.2. The van der Waals surface area contributed by atoms with E-state index in [1.807, 2.05) is 24.3 Å². The number of aromatic nitrogens is 3. The fourth-order valence-electron chi connectivity index (χ4n) is 2.98. The van der Waals surface area contributed by atoms with Crippen molar-refractivity contribution in [2.45, 2.75) is 18.9 Å². The Kier molecular flexibility index (Phi) is 3.75. The molecule has 1 aliphatic rings. The summed E-state index contributed by atoms with van der Waals surface area (Å²) in [5.74, 6) is -0.194. The third-order valence-corrected chi connectivity index (χ3v) is 5.01. The molecule has 0 bridgehead atoms. The molecule has 0 amide bonds. The van der Waals surface area contributed by atoms with E-state index in [1.165, 1.54) is 17.4 Å². The van der Waals surface area contributed by atoms with Crippen molar-refractivity contribution in [2.24, 2.45) is 0 Å². The maximum atomic E-state index is 13.5. The summed E-state index contributed by atoms with van der Waals surface area (Å²) >= 11 is 1.53. The van der Waals surface area contributed by atoms with E-state index >= 15 is 0 Å². The Bertz CT molecular complexity index is 805. The molecule has 0 aliphatic carbocycles. The Labute approximate surface area is 137 Å². The first-order valence-corrected chi connectivity index (χ1v) is 8.40. The normalized spacial score (nSPS) is 17.6. The van der Waals surface area contributed by atoms with Crippen LogP contribution in [-0.2, 0) is 0 Å². The maximum absolute atomic E-state index is 13.5. The van der Waals surface area contributed by atoms with Gasteiger partial charge in [-0.2, -0.15) is 0 Å². The van der Waals surface area contributed by atoms with Crippen LogP contribution in [0.2, 0.25) is 0 Å². The van der Waals surface area contributed by atoms with Crippen LogP contribution in [0.5, 0.6) is 0 Å². The molecule has 1 aromatic carbocycles. The molecule has 6 heteroatoms. The summed E-state index contributed by atoms with van der Waals surface area (Å²) in [5.41, 5.74) is 1.83. The summed E-state index contributed by atoms with van der Waals surface area (Å²) in [4.78, 5) is 6.54. The molecular weight excluding hydrogens is 311 g/mol. The molecule has 116 valence electrons. The molecule has 1 unspecified atom stereocenters. The minimum absolute atomic E-state index is 0.162. The fraction of sp³-hybridized carbons (Fsp3) is 0.235. The number of halogens is 1.